The van der Waals surface area contributed by atoms with Crippen LogP contribution >= 0.6 is 34.5 Å². The van der Waals surface area contributed by atoms with E-state index in [0.29, 0.717) is 39.3 Å². The molecule has 2 aromatic carbocycles. The number of sulfonamides is 1. The summed E-state index contributed by atoms with van der Waals surface area (Å²) in [5, 5.41) is 3.84. The van der Waals surface area contributed by atoms with Gasteiger partial charge < -0.3 is 0 Å². The van der Waals surface area contributed by atoms with E-state index >= 15 is 0 Å². The van der Waals surface area contributed by atoms with Gasteiger partial charge in [0.05, 0.1) is 19.6 Å². The first-order valence-electron chi connectivity index (χ1n) is 10.1. The Morgan fingerprint density at radius 1 is 1.03 bits per heavy atom. The minimum atomic E-state index is -3.65. The molecule has 3 rings (SSSR count). The summed E-state index contributed by atoms with van der Waals surface area (Å²) in [6.45, 7) is 8.82. The first-order chi connectivity index (χ1) is 15.0. The lowest BCUT2D eigenvalue weighted by Crippen LogP contribution is -2.37. The molecule has 0 radical (unpaired) electrons. The molecular formula is C22H25Cl2N3O3S2. The number of hydrogen-bond donors (Lipinski definition) is 1. The Morgan fingerprint density at radius 2 is 1.62 bits per heavy atom. The Labute approximate surface area is 202 Å². The number of carbonyl (C=O) groups is 1. The molecule has 0 unspecified atom stereocenters. The van der Waals surface area contributed by atoms with Gasteiger partial charge in [0.15, 0.2) is 5.13 Å². The van der Waals surface area contributed by atoms with Crippen LogP contribution in [0.2, 0.25) is 10.0 Å². The molecule has 1 heterocycles. The van der Waals surface area contributed by atoms with E-state index in [9.17, 15) is 13.2 Å². The van der Waals surface area contributed by atoms with Crippen molar-refractivity contribution in [1.82, 2.24) is 9.29 Å². The normalized spacial score (nSPS) is 12.3. The van der Waals surface area contributed by atoms with Crippen LogP contribution in [-0.4, -0.2) is 36.7 Å². The topological polar surface area (TPSA) is 79.4 Å². The van der Waals surface area contributed by atoms with Crippen LogP contribution in [0, 0.1) is 11.8 Å². The highest BCUT2D eigenvalue weighted by atomic mass is 35.5. The molecule has 3 aromatic rings. The van der Waals surface area contributed by atoms with Crippen LogP contribution < -0.4 is 5.32 Å². The number of aromatic nitrogens is 1. The summed E-state index contributed by atoms with van der Waals surface area (Å²) in [7, 11) is -3.65. The molecule has 0 aliphatic rings. The average molecular weight is 515 g/mol. The van der Waals surface area contributed by atoms with Crippen molar-refractivity contribution >= 4 is 65.8 Å². The summed E-state index contributed by atoms with van der Waals surface area (Å²) in [5.41, 5.74) is 0.850. The zero-order valence-corrected chi connectivity index (χ0v) is 21.4. The molecule has 0 saturated heterocycles. The minimum Gasteiger partial charge on any atom is -0.298 e. The maximum atomic E-state index is 13.1. The van der Waals surface area contributed by atoms with Gasteiger partial charge in [-0.1, -0.05) is 62.2 Å². The Hall–Kier alpha value is -1.71. The number of fused-ring (bicyclic) bond motifs is 1. The fourth-order valence-electron chi connectivity index (χ4n) is 3.17. The molecule has 1 amide bonds. The molecule has 0 aliphatic heterocycles. The van der Waals surface area contributed by atoms with E-state index in [1.807, 2.05) is 27.7 Å². The highest BCUT2D eigenvalue weighted by Crippen LogP contribution is 2.35. The average Bonchev–Trinajstić information content (AvgIpc) is 3.13. The number of thiazole rings is 1. The fourth-order valence-corrected chi connectivity index (χ4v) is 6.22. The summed E-state index contributed by atoms with van der Waals surface area (Å²) in [4.78, 5) is 17.2. The van der Waals surface area contributed by atoms with Crippen molar-refractivity contribution in [2.45, 2.75) is 32.6 Å². The maximum absolute atomic E-state index is 13.1. The Balaban J connectivity index is 1.79. The van der Waals surface area contributed by atoms with Crippen LogP contribution in [0.4, 0.5) is 5.13 Å². The van der Waals surface area contributed by atoms with E-state index < -0.39 is 15.9 Å². The lowest BCUT2D eigenvalue weighted by molar-refractivity contribution is 0.102. The molecule has 10 heteroatoms. The lowest BCUT2D eigenvalue weighted by Gasteiger charge is -2.25. The van der Waals surface area contributed by atoms with Crippen LogP contribution in [-0.2, 0) is 10.0 Å². The van der Waals surface area contributed by atoms with Crippen LogP contribution in [0.25, 0.3) is 10.2 Å². The van der Waals surface area contributed by atoms with Gasteiger partial charge in [0.1, 0.15) is 5.52 Å². The SMILES string of the molecule is CC(C)CN(CC(C)C)S(=O)(=O)c1ccc(C(=O)Nc2nc3c(Cl)c(Cl)ccc3s2)cc1. The summed E-state index contributed by atoms with van der Waals surface area (Å²) < 4.78 is 28.6. The van der Waals surface area contributed by atoms with Gasteiger partial charge in [0.25, 0.3) is 5.91 Å². The lowest BCUT2D eigenvalue weighted by atomic mass is 10.2. The van der Waals surface area contributed by atoms with Gasteiger partial charge in [0, 0.05) is 18.7 Å². The minimum absolute atomic E-state index is 0.164. The van der Waals surface area contributed by atoms with Crippen molar-refractivity contribution in [3.63, 3.8) is 0 Å². The predicted molar refractivity (Wildman–Crippen MR) is 132 cm³/mol. The predicted octanol–water partition coefficient (Wildman–Crippen LogP) is 6.16. The standard InChI is InChI=1S/C22H25Cl2N3O3S2/c1-13(2)11-27(12-14(3)4)32(29,30)16-7-5-15(6-8-16)21(28)26-22-25-20-18(31-22)10-9-17(23)19(20)24/h5-10,13-14H,11-12H2,1-4H3,(H,25,26,28). The van der Waals surface area contributed by atoms with Gasteiger partial charge >= 0.3 is 0 Å². The van der Waals surface area contributed by atoms with Gasteiger partial charge in [-0.25, -0.2) is 13.4 Å². The molecule has 0 bridgehead atoms. The largest absolute Gasteiger partial charge is 0.298 e. The zero-order chi connectivity index (χ0) is 23.6. The number of hydrogen-bond acceptors (Lipinski definition) is 5. The molecule has 32 heavy (non-hydrogen) atoms. The maximum Gasteiger partial charge on any atom is 0.257 e. The van der Waals surface area contributed by atoms with Crippen LogP contribution in [0.3, 0.4) is 0 Å². The van der Waals surface area contributed by atoms with Crippen molar-refractivity contribution in [2.24, 2.45) is 11.8 Å². The van der Waals surface area contributed by atoms with Gasteiger partial charge in [0.2, 0.25) is 10.0 Å². The highest BCUT2D eigenvalue weighted by Gasteiger charge is 2.26. The van der Waals surface area contributed by atoms with E-state index in [2.05, 4.69) is 10.3 Å². The number of carbonyl (C=O) groups excluding carboxylic acids is 1. The third-order valence-electron chi connectivity index (χ3n) is 4.56. The van der Waals surface area contributed by atoms with E-state index in [4.69, 9.17) is 23.2 Å². The van der Waals surface area contributed by atoms with Crippen LogP contribution in [0.15, 0.2) is 41.3 Å². The van der Waals surface area contributed by atoms with Crippen LogP contribution in [0.5, 0.6) is 0 Å². The van der Waals surface area contributed by atoms with Crippen molar-refractivity contribution < 1.29 is 13.2 Å². The molecular weight excluding hydrogens is 489 g/mol. The van der Waals surface area contributed by atoms with E-state index in [1.54, 1.807) is 12.1 Å². The number of anilines is 1. The van der Waals surface area contributed by atoms with Gasteiger partial charge in [-0.2, -0.15) is 4.31 Å². The third-order valence-corrected chi connectivity index (χ3v) is 8.14. The van der Waals surface area contributed by atoms with Crippen molar-refractivity contribution in [2.75, 3.05) is 18.4 Å². The number of benzene rings is 2. The second kappa shape index (κ2) is 10.1. The molecule has 0 fully saturated rings. The quantitative estimate of drug-likeness (QED) is 0.391. The Kier molecular flexibility index (Phi) is 7.83. The summed E-state index contributed by atoms with van der Waals surface area (Å²) in [6, 6.07) is 9.40. The number of halogens is 2. The molecule has 1 aromatic heterocycles. The molecule has 172 valence electrons. The highest BCUT2D eigenvalue weighted by molar-refractivity contribution is 7.89. The molecule has 0 atom stereocenters. The molecule has 6 nitrogen and oxygen atoms in total. The van der Waals surface area contributed by atoms with E-state index in [0.717, 1.165) is 4.70 Å². The van der Waals surface area contributed by atoms with Crippen molar-refractivity contribution in [3.8, 4) is 0 Å². The summed E-state index contributed by atoms with van der Waals surface area (Å²) >= 11 is 13.5. The Bertz CT molecular complexity index is 1210. The van der Waals surface area contributed by atoms with Crippen molar-refractivity contribution in [3.05, 3.63) is 52.0 Å². The molecule has 1 N–H and O–H groups in total. The molecule has 0 aliphatic carbocycles. The number of nitrogens with one attached hydrogen (secondary N) is 1. The molecule has 0 saturated carbocycles. The number of rotatable bonds is 8. The van der Waals surface area contributed by atoms with Gasteiger partial charge in [-0.05, 0) is 48.2 Å². The zero-order valence-electron chi connectivity index (χ0n) is 18.2. The summed E-state index contributed by atoms with van der Waals surface area (Å²) in [5.74, 6) is 0.00739. The number of amides is 1. The van der Waals surface area contributed by atoms with Gasteiger partial charge in [-0.15, -0.1) is 0 Å². The third kappa shape index (κ3) is 5.61. The fraction of sp³-hybridized carbons (Fsp3) is 0.364. The second-order valence-electron chi connectivity index (χ2n) is 8.32. The monoisotopic (exact) mass is 513 g/mol. The Morgan fingerprint density at radius 3 is 2.19 bits per heavy atom. The van der Waals surface area contributed by atoms with E-state index in [-0.39, 0.29) is 16.7 Å². The first-order valence-corrected chi connectivity index (χ1v) is 13.2. The van der Waals surface area contributed by atoms with E-state index in [1.165, 1.54) is 39.9 Å². The second-order valence-corrected chi connectivity index (χ2v) is 12.1. The molecule has 0 spiro atoms. The first kappa shape index (κ1) is 24.9. The van der Waals surface area contributed by atoms with Crippen molar-refractivity contribution in [1.29, 1.82) is 0 Å². The summed E-state index contributed by atoms with van der Waals surface area (Å²) in [6.07, 6.45) is 0. The number of nitrogens with zero attached hydrogens (tertiary/aromatic N) is 2. The smallest absolute Gasteiger partial charge is 0.257 e. The van der Waals surface area contributed by atoms with Gasteiger partial charge in [-0.3, -0.25) is 10.1 Å². The van der Waals surface area contributed by atoms with Crippen LogP contribution in [0.1, 0.15) is 38.1 Å².